The van der Waals surface area contributed by atoms with Crippen LogP contribution < -0.4 is 4.18 Å². The Morgan fingerprint density at radius 1 is 0.828 bits per heavy atom. The van der Waals surface area contributed by atoms with Crippen molar-refractivity contribution < 1.29 is 15.1 Å². The predicted octanol–water partition coefficient (Wildman–Crippen LogP) is 5.99. The Morgan fingerprint density at radius 2 is 1.38 bits per heavy atom. The van der Waals surface area contributed by atoms with E-state index in [4.69, 9.17) is 6.70 Å². The van der Waals surface area contributed by atoms with E-state index in [1.54, 1.807) is 30.3 Å². The quantitative estimate of drug-likeness (QED) is 0.340. The van der Waals surface area contributed by atoms with E-state index in [1.165, 1.54) is 5.56 Å². The second-order valence-electron chi connectivity index (χ2n) is 7.14. The summed E-state index contributed by atoms with van der Waals surface area (Å²) in [5, 5.41) is 0. The van der Waals surface area contributed by atoms with Crippen molar-refractivity contribution in [3.05, 3.63) is 97.1 Å². The number of halogens is 1. The molecule has 0 radical (unpaired) electrons. The summed E-state index contributed by atoms with van der Waals surface area (Å²) >= 11 is -2.73. The van der Waals surface area contributed by atoms with Crippen molar-refractivity contribution in [1.29, 1.82) is 0 Å². The van der Waals surface area contributed by atoms with E-state index in [1.807, 2.05) is 43.3 Å². The average molecular weight is 524 g/mol. The van der Waals surface area contributed by atoms with Gasteiger partial charge in [0, 0.05) is 0 Å². The number of hydrogen-bond donors (Lipinski definition) is 0. The molecule has 0 aromatic heterocycles. The number of aryl methyl sites for hydroxylation is 1. The summed E-state index contributed by atoms with van der Waals surface area (Å²) in [6, 6.07) is 24.3. The Kier molecular flexibility index (Phi) is 7.32. The number of benzene rings is 3. The molecule has 154 valence electrons. The van der Waals surface area contributed by atoms with E-state index < -0.39 is 30.6 Å². The summed E-state index contributed by atoms with van der Waals surface area (Å²) in [6.07, 6.45) is 0.981. The monoisotopic (exact) mass is 524 g/mol. The minimum atomic E-state index is -4.20. The number of rotatable bonds is 8. The van der Waals surface area contributed by atoms with Crippen LogP contribution in [0.15, 0.2) is 78.9 Å². The molecule has 0 aliphatic carbocycles. The molecular weight excluding hydrogens is 499 g/mol. The van der Waals surface area contributed by atoms with Gasteiger partial charge < -0.3 is 0 Å². The van der Waals surface area contributed by atoms with E-state index >= 15 is 0 Å². The standard InChI is InChI=1S/C23H25IO4S/c1-18(2)17-20-11-15-22(16-12-20)24(21-13-9-19(3)10-14-21)28-29(25,26)27-23-7-5-4-6-8-23/h4-16,18H,17H2,1-3H3. The number of para-hydroxylation sites is 1. The summed E-state index contributed by atoms with van der Waals surface area (Å²) in [4.78, 5) is 0. The Morgan fingerprint density at radius 3 is 1.93 bits per heavy atom. The fourth-order valence-corrected chi connectivity index (χ4v) is 8.94. The fraction of sp³-hybridized carbons (Fsp3) is 0.217. The van der Waals surface area contributed by atoms with Crippen molar-refractivity contribution in [2.24, 2.45) is 5.92 Å². The Balaban J connectivity index is 1.90. The molecule has 0 atom stereocenters. The Bertz CT molecular complexity index is 1010. The van der Waals surface area contributed by atoms with Gasteiger partial charge >= 0.3 is 182 Å². The van der Waals surface area contributed by atoms with Gasteiger partial charge in [0.1, 0.15) is 0 Å². The summed E-state index contributed by atoms with van der Waals surface area (Å²) < 4.78 is 37.9. The van der Waals surface area contributed by atoms with E-state index in [0.29, 0.717) is 5.92 Å². The second-order valence-corrected chi connectivity index (χ2v) is 13.2. The van der Waals surface area contributed by atoms with Crippen LogP contribution in [0.1, 0.15) is 25.0 Å². The number of hydrogen-bond acceptors (Lipinski definition) is 4. The van der Waals surface area contributed by atoms with Crippen LogP contribution in [0.2, 0.25) is 0 Å². The van der Waals surface area contributed by atoms with Crippen molar-refractivity contribution in [3.63, 3.8) is 0 Å². The van der Waals surface area contributed by atoms with Crippen molar-refractivity contribution in [3.8, 4) is 5.75 Å². The molecule has 0 saturated carbocycles. The molecular formula is C23H25IO4S. The van der Waals surface area contributed by atoms with Crippen molar-refractivity contribution in [1.82, 2.24) is 0 Å². The predicted molar refractivity (Wildman–Crippen MR) is 125 cm³/mol. The first-order chi connectivity index (χ1) is 13.8. The summed E-state index contributed by atoms with van der Waals surface area (Å²) in [5.74, 6) is 0.794. The van der Waals surface area contributed by atoms with Gasteiger partial charge in [-0.2, -0.15) is 0 Å². The molecule has 0 bridgehead atoms. The first-order valence-corrected chi connectivity index (χ1v) is 13.7. The third-order valence-corrected chi connectivity index (χ3v) is 10.8. The molecule has 0 aliphatic heterocycles. The molecule has 0 heterocycles. The molecule has 6 heteroatoms. The van der Waals surface area contributed by atoms with Crippen molar-refractivity contribution >= 4 is 30.6 Å². The van der Waals surface area contributed by atoms with Crippen LogP contribution in [0, 0.1) is 20.0 Å². The van der Waals surface area contributed by atoms with Gasteiger partial charge in [-0.3, -0.25) is 0 Å². The molecule has 0 saturated heterocycles. The molecule has 0 spiro atoms. The molecule has 0 aliphatic rings. The maximum atomic E-state index is 12.6. The van der Waals surface area contributed by atoms with E-state index in [2.05, 4.69) is 26.0 Å². The first-order valence-electron chi connectivity index (χ1n) is 9.37. The third kappa shape index (κ3) is 6.55. The summed E-state index contributed by atoms with van der Waals surface area (Å²) in [5.41, 5.74) is 2.34. The summed E-state index contributed by atoms with van der Waals surface area (Å²) in [6.45, 7) is 6.35. The molecule has 0 amide bonds. The van der Waals surface area contributed by atoms with Gasteiger partial charge in [-0.25, -0.2) is 0 Å². The average Bonchev–Trinajstić information content (AvgIpc) is 2.68. The normalized spacial score (nSPS) is 12.1. The molecule has 3 aromatic carbocycles. The van der Waals surface area contributed by atoms with Crippen LogP contribution >= 0.6 is 20.2 Å². The van der Waals surface area contributed by atoms with Gasteiger partial charge in [0.05, 0.1) is 0 Å². The maximum absolute atomic E-state index is 12.6. The van der Waals surface area contributed by atoms with Crippen LogP contribution in [0.25, 0.3) is 0 Å². The van der Waals surface area contributed by atoms with Crippen molar-refractivity contribution in [2.45, 2.75) is 27.2 Å². The van der Waals surface area contributed by atoms with Crippen LogP contribution in [-0.4, -0.2) is 8.42 Å². The fourth-order valence-electron chi connectivity index (χ4n) is 2.74. The van der Waals surface area contributed by atoms with Gasteiger partial charge in [-0.05, 0) is 0 Å². The topological polar surface area (TPSA) is 52.6 Å². The van der Waals surface area contributed by atoms with Gasteiger partial charge in [0.15, 0.2) is 0 Å². The SMILES string of the molecule is Cc1ccc(I(OS(=O)(=O)Oc2ccccc2)c2ccc(CC(C)C)cc2)cc1. The van der Waals surface area contributed by atoms with E-state index in [0.717, 1.165) is 19.1 Å². The first kappa shape index (κ1) is 21.8. The van der Waals surface area contributed by atoms with Gasteiger partial charge in [-0.15, -0.1) is 0 Å². The molecule has 3 rings (SSSR count). The molecule has 29 heavy (non-hydrogen) atoms. The second kappa shape index (κ2) is 9.73. The molecule has 4 nitrogen and oxygen atoms in total. The minimum absolute atomic E-state index is 0.236. The molecule has 0 N–H and O–H groups in total. The van der Waals surface area contributed by atoms with E-state index in [-0.39, 0.29) is 5.75 Å². The van der Waals surface area contributed by atoms with Crippen LogP contribution in [0.4, 0.5) is 0 Å². The Hall–Kier alpha value is -1.90. The van der Waals surface area contributed by atoms with Crippen LogP contribution in [0.3, 0.4) is 0 Å². The Labute approximate surface area is 181 Å². The zero-order valence-corrected chi connectivity index (χ0v) is 19.7. The van der Waals surface area contributed by atoms with E-state index in [9.17, 15) is 8.42 Å². The molecule has 0 unspecified atom stereocenters. The van der Waals surface area contributed by atoms with Crippen LogP contribution in [-0.2, 0) is 19.3 Å². The van der Waals surface area contributed by atoms with Gasteiger partial charge in [0.25, 0.3) is 0 Å². The third-order valence-electron chi connectivity index (χ3n) is 4.05. The summed E-state index contributed by atoms with van der Waals surface area (Å²) in [7, 11) is -4.20. The zero-order valence-electron chi connectivity index (χ0n) is 16.7. The van der Waals surface area contributed by atoms with Crippen molar-refractivity contribution in [2.75, 3.05) is 0 Å². The van der Waals surface area contributed by atoms with Gasteiger partial charge in [-0.1, -0.05) is 0 Å². The molecule has 0 fully saturated rings. The molecule has 3 aromatic rings. The van der Waals surface area contributed by atoms with Gasteiger partial charge in [0.2, 0.25) is 0 Å². The van der Waals surface area contributed by atoms with Crippen LogP contribution in [0.5, 0.6) is 5.75 Å². The zero-order chi connectivity index (χ0) is 20.9.